The van der Waals surface area contributed by atoms with E-state index in [0.717, 1.165) is 13.1 Å². The number of carbonyl (C=O) groups excluding carboxylic acids is 1. The first kappa shape index (κ1) is 23.9. The van der Waals surface area contributed by atoms with E-state index in [1.807, 2.05) is 4.90 Å². The van der Waals surface area contributed by atoms with E-state index in [4.69, 9.17) is 4.74 Å². The summed E-state index contributed by atoms with van der Waals surface area (Å²) < 4.78 is 31.0. The van der Waals surface area contributed by atoms with Crippen LogP contribution in [0.25, 0.3) is 0 Å². The Kier molecular flexibility index (Phi) is 7.66. The maximum Gasteiger partial charge on any atom is 0.232 e. The number of carbonyl (C=O) groups is 1. The van der Waals surface area contributed by atoms with Crippen molar-refractivity contribution in [2.24, 2.45) is 0 Å². The lowest BCUT2D eigenvalue weighted by Crippen LogP contribution is -2.49. The fraction of sp³-hybridized carbons (Fsp3) is 0.458. The lowest BCUT2D eigenvalue weighted by Gasteiger charge is -2.37. The number of hydrogen-bond donors (Lipinski definition) is 0. The molecule has 1 fully saturated rings. The van der Waals surface area contributed by atoms with Crippen molar-refractivity contribution in [1.29, 1.82) is 0 Å². The van der Waals surface area contributed by atoms with Gasteiger partial charge in [0.05, 0.1) is 19.1 Å². The third kappa shape index (κ3) is 5.73. The number of ether oxygens (including phenoxy) is 1. The molecule has 0 bridgehead atoms. The number of anilines is 2. The predicted molar refractivity (Wildman–Crippen MR) is 129 cm³/mol. The van der Waals surface area contributed by atoms with Crippen molar-refractivity contribution >= 4 is 27.3 Å². The van der Waals surface area contributed by atoms with Crippen molar-refractivity contribution in [3.8, 4) is 5.75 Å². The Bertz CT molecular complexity index is 1030. The molecule has 0 aromatic heterocycles. The summed E-state index contributed by atoms with van der Waals surface area (Å²) >= 11 is 0. The number of rotatable bonds is 8. The number of methoxy groups -OCH3 is 1. The van der Waals surface area contributed by atoms with Gasteiger partial charge < -0.3 is 14.5 Å². The summed E-state index contributed by atoms with van der Waals surface area (Å²) in [6.45, 7) is 7.48. The number of amides is 1. The number of nitrogens with zero attached hydrogens (tertiary/aromatic N) is 3. The molecule has 0 aliphatic carbocycles. The number of aryl methyl sites for hydroxylation is 1. The quantitative estimate of drug-likeness (QED) is 0.606. The van der Waals surface area contributed by atoms with Crippen LogP contribution in [-0.4, -0.2) is 65.3 Å². The average molecular weight is 460 g/mol. The Morgan fingerprint density at radius 1 is 1.03 bits per heavy atom. The fourth-order valence-corrected chi connectivity index (χ4v) is 5.01. The Morgan fingerprint density at radius 2 is 1.69 bits per heavy atom. The molecule has 0 N–H and O–H groups in total. The van der Waals surface area contributed by atoms with Crippen LogP contribution in [0, 0.1) is 13.8 Å². The molecule has 1 saturated heterocycles. The summed E-state index contributed by atoms with van der Waals surface area (Å²) in [7, 11) is -1.88. The molecule has 1 aliphatic rings. The lowest BCUT2D eigenvalue weighted by molar-refractivity contribution is -0.131. The molecule has 0 atom stereocenters. The molecule has 8 heteroatoms. The van der Waals surface area contributed by atoms with E-state index in [0.29, 0.717) is 37.4 Å². The minimum Gasteiger partial charge on any atom is -0.497 e. The van der Waals surface area contributed by atoms with Crippen LogP contribution >= 0.6 is 0 Å². The van der Waals surface area contributed by atoms with Gasteiger partial charge in [0.15, 0.2) is 0 Å². The molecule has 1 aliphatic heterocycles. The molecule has 1 amide bonds. The van der Waals surface area contributed by atoms with E-state index < -0.39 is 10.0 Å². The first-order chi connectivity index (χ1) is 15.2. The van der Waals surface area contributed by atoms with Crippen LogP contribution in [0.15, 0.2) is 42.5 Å². The molecule has 2 aromatic carbocycles. The van der Waals surface area contributed by atoms with Gasteiger partial charge in [0, 0.05) is 44.8 Å². The molecule has 3 rings (SSSR count). The Balaban J connectivity index is 1.53. The second-order valence-corrected chi connectivity index (χ2v) is 10.1. The maximum absolute atomic E-state index is 12.7. The minimum atomic E-state index is -3.44. The maximum atomic E-state index is 12.7. The third-order valence-corrected chi connectivity index (χ3v) is 7.26. The van der Waals surface area contributed by atoms with Gasteiger partial charge >= 0.3 is 0 Å². The van der Waals surface area contributed by atoms with Gasteiger partial charge in [-0.1, -0.05) is 12.1 Å². The first-order valence-electron chi connectivity index (χ1n) is 10.9. The minimum absolute atomic E-state index is 0.0776. The zero-order chi connectivity index (χ0) is 23.3. The monoisotopic (exact) mass is 459 g/mol. The molecular formula is C24H33N3O4S. The number of piperazine rings is 1. The van der Waals surface area contributed by atoms with Crippen LogP contribution in [0.5, 0.6) is 5.75 Å². The smallest absolute Gasteiger partial charge is 0.232 e. The second kappa shape index (κ2) is 10.3. The molecule has 0 spiro atoms. The van der Waals surface area contributed by atoms with Crippen molar-refractivity contribution in [2.45, 2.75) is 26.7 Å². The van der Waals surface area contributed by atoms with Crippen molar-refractivity contribution in [1.82, 2.24) is 4.90 Å². The van der Waals surface area contributed by atoms with Gasteiger partial charge in [-0.25, -0.2) is 8.42 Å². The number of benzene rings is 2. The van der Waals surface area contributed by atoms with Crippen molar-refractivity contribution in [3.05, 3.63) is 53.6 Å². The number of sulfonamides is 1. The summed E-state index contributed by atoms with van der Waals surface area (Å²) in [6, 6.07) is 13.2. The third-order valence-electron chi connectivity index (χ3n) is 6.06. The van der Waals surface area contributed by atoms with E-state index in [2.05, 4.69) is 36.9 Å². The van der Waals surface area contributed by atoms with Gasteiger partial charge in [-0.2, -0.15) is 0 Å². The zero-order valence-corrected chi connectivity index (χ0v) is 20.2. The largest absolute Gasteiger partial charge is 0.497 e. The number of hydrogen-bond acceptors (Lipinski definition) is 5. The molecular weight excluding hydrogens is 426 g/mol. The van der Waals surface area contributed by atoms with Crippen LogP contribution < -0.4 is 13.9 Å². The molecule has 174 valence electrons. The normalized spacial score (nSPS) is 14.4. The Morgan fingerprint density at radius 3 is 2.28 bits per heavy atom. The second-order valence-electron chi connectivity index (χ2n) is 8.22. The van der Waals surface area contributed by atoms with E-state index >= 15 is 0 Å². The van der Waals surface area contributed by atoms with Crippen LogP contribution in [0.1, 0.15) is 24.0 Å². The van der Waals surface area contributed by atoms with Crippen LogP contribution in [-0.2, 0) is 14.8 Å². The van der Waals surface area contributed by atoms with Gasteiger partial charge in [-0.05, 0) is 61.7 Å². The van der Waals surface area contributed by atoms with Gasteiger partial charge in [-0.3, -0.25) is 9.10 Å². The molecule has 1 heterocycles. The summed E-state index contributed by atoms with van der Waals surface area (Å²) in [5.74, 6) is 0.742. The topological polar surface area (TPSA) is 70.2 Å². The summed E-state index contributed by atoms with van der Waals surface area (Å²) in [4.78, 5) is 17.0. The summed E-state index contributed by atoms with van der Waals surface area (Å²) in [5, 5.41) is 0. The highest BCUT2D eigenvalue weighted by atomic mass is 32.2. The van der Waals surface area contributed by atoms with Crippen molar-refractivity contribution in [2.75, 3.05) is 55.3 Å². The Labute approximate surface area is 191 Å². The first-order valence-corrected chi connectivity index (χ1v) is 12.8. The highest BCUT2D eigenvalue weighted by molar-refractivity contribution is 7.92. The SMILES string of the molecule is COc1ccc(N(CCCC(=O)N2CCN(c3cccc(C)c3C)CC2)S(C)(=O)=O)cc1. The molecule has 32 heavy (non-hydrogen) atoms. The molecule has 2 aromatic rings. The van der Waals surface area contributed by atoms with Crippen LogP contribution in [0.3, 0.4) is 0 Å². The van der Waals surface area contributed by atoms with E-state index in [-0.39, 0.29) is 12.5 Å². The fourth-order valence-electron chi connectivity index (χ4n) is 4.04. The van der Waals surface area contributed by atoms with Crippen LogP contribution in [0.2, 0.25) is 0 Å². The van der Waals surface area contributed by atoms with E-state index in [1.165, 1.54) is 27.4 Å². The van der Waals surface area contributed by atoms with Crippen LogP contribution in [0.4, 0.5) is 11.4 Å². The molecule has 0 saturated carbocycles. The lowest BCUT2D eigenvalue weighted by atomic mass is 10.1. The predicted octanol–water partition coefficient (Wildman–Crippen LogP) is 3.21. The highest BCUT2D eigenvalue weighted by Gasteiger charge is 2.23. The molecule has 7 nitrogen and oxygen atoms in total. The van der Waals surface area contributed by atoms with Gasteiger partial charge in [-0.15, -0.1) is 0 Å². The average Bonchev–Trinajstić information content (AvgIpc) is 2.78. The van der Waals surface area contributed by atoms with Gasteiger partial charge in [0.25, 0.3) is 0 Å². The van der Waals surface area contributed by atoms with Crippen molar-refractivity contribution in [3.63, 3.8) is 0 Å². The van der Waals surface area contributed by atoms with E-state index in [1.54, 1.807) is 31.4 Å². The highest BCUT2D eigenvalue weighted by Crippen LogP contribution is 2.25. The standard InChI is InChI=1S/C24H33N3O4S/c1-19-7-5-8-23(20(19)2)25-15-17-26(18-16-25)24(28)9-6-14-27(32(4,29)30)21-10-12-22(31-3)13-11-21/h5,7-8,10-13H,6,9,14-18H2,1-4H3. The summed E-state index contributed by atoms with van der Waals surface area (Å²) in [6.07, 6.45) is 1.98. The van der Waals surface area contributed by atoms with Gasteiger partial charge in [0.2, 0.25) is 15.9 Å². The summed E-state index contributed by atoms with van der Waals surface area (Å²) in [5.41, 5.74) is 4.36. The zero-order valence-electron chi connectivity index (χ0n) is 19.4. The van der Waals surface area contributed by atoms with Gasteiger partial charge in [0.1, 0.15) is 5.75 Å². The Hall–Kier alpha value is -2.74. The van der Waals surface area contributed by atoms with E-state index in [9.17, 15) is 13.2 Å². The molecule has 0 unspecified atom stereocenters. The van der Waals surface area contributed by atoms with Crippen molar-refractivity contribution < 1.29 is 17.9 Å². The molecule has 0 radical (unpaired) electrons.